The number of carbonyl (C=O) groups excluding carboxylic acids is 2. The summed E-state index contributed by atoms with van der Waals surface area (Å²) < 4.78 is 9.38. The molecule has 0 spiro atoms. The van der Waals surface area contributed by atoms with Gasteiger partial charge >= 0.3 is 12.2 Å². The van der Waals surface area contributed by atoms with Crippen LogP contribution in [0.3, 0.4) is 0 Å². The molecule has 0 saturated carbocycles. The zero-order valence-electron chi connectivity index (χ0n) is 8.75. The van der Waals surface area contributed by atoms with Crippen LogP contribution in [-0.2, 0) is 9.47 Å². The van der Waals surface area contributed by atoms with Crippen LogP contribution in [0.5, 0.6) is 0 Å². The van der Waals surface area contributed by atoms with E-state index < -0.39 is 18.2 Å². The zero-order chi connectivity index (χ0) is 11.5. The predicted octanol–water partition coefficient (Wildman–Crippen LogP) is 1.95. The monoisotopic (exact) mass is 221 g/mol. The van der Waals surface area contributed by atoms with Gasteiger partial charge in [0.15, 0.2) is 0 Å². The Labute approximate surface area is 92.6 Å². The smallest absolute Gasteiger partial charge is 0.420 e. The third-order valence-corrected chi connectivity index (χ3v) is 2.43. The van der Waals surface area contributed by atoms with Crippen LogP contribution in [0, 0.1) is 0 Å². The summed E-state index contributed by atoms with van der Waals surface area (Å²) in [6.45, 7) is 0.165. The molecular formula is C11H11NO4. The Balaban J connectivity index is 2.28. The van der Waals surface area contributed by atoms with Crippen LogP contribution in [0.1, 0.15) is 11.6 Å². The molecule has 1 aliphatic rings. The molecule has 1 heterocycles. The first kappa shape index (κ1) is 10.5. The Morgan fingerprint density at radius 3 is 2.75 bits per heavy atom. The summed E-state index contributed by atoms with van der Waals surface area (Å²) >= 11 is 0. The third-order valence-electron chi connectivity index (χ3n) is 2.43. The lowest BCUT2D eigenvalue weighted by molar-refractivity contribution is 0.120. The van der Waals surface area contributed by atoms with Crippen molar-refractivity contribution in [3.8, 4) is 0 Å². The van der Waals surface area contributed by atoms with E-state index in [0.717, 1.165) is 10.5 Å². The van der Waals surface area contributed by atoms with Gasteiger partial charge in [-0.1, -0.05) is 30.3 Å². The average Bonchev–Trinajstić information content (AvgIpc) is 2.71. The first-order chi connectivity index (χ1) is 7.74. The molecule has 1 unspecified atom stereocenters. The number of methoxy groups -OCH3 is 1. The summed E-state index contributed by atoms with van der Waals surface area (Å²) in [6, 6.07) is 8.82. The van der Waals surface area contributed by atoms with E-state index >= 15 is 0 Å². The van der Waals surface area contributed by atoms with Crippen molar-refractivity contribution < 1.29 is 19.1 Å². The van der Waals surface area contributed by atoms with Crippen LogP contribution >= 0.6 is 0 Å². The number of hydrogen-bond acceptors (Lipinski definition) is 4. The predicted molar refractivity (Wildman–Crippen MR) is 54.8 cm³/mol. The molecule has 16 heavy (non-hydrogen) atoms. The van der Waals surface area contributed by atoms with Gasteiger partial charge in [0, 0.05) is 0 Å². The van der Waals surface area contributed by atoms with E-state index in [1.807, 2.05) is 30.3 Å². The Kier molecular flexibility index (Phi) is 2.76. The second-order valence-corrected chi connectivity index (χ2v) is 3.34. The van der Waals surface area contributed by atoms with Crippen molar-refractivity contribution >= 4 is 12.2 Å². The lowest BCUT2D eigenvalue weighted by Gasteiger charge is -2.17. The van der Waals surface area contributed by atoms with E-state index in [2.05, 4.69) is 4.74 Å². The van der Waals surface area contributed by atoms with Crippen molar-refractivity contribution in [1.82, 2.24) is 4.90 Å². The van der Waals surface area contributed by atoms with Crippen molar-refractivity contribution in [3.05, 3.63) is 35.9 Å². The number of ether oxygens (including phenoxy) is 2. The Morgan fingerprint density at radius 1 is 1.44 bits per heavy atom. The minimum Gasteiger partial charge on any atom is -0.452 e. The number of rotatable bonds is 1. The summed E-state index contributed by atoms with van der Waals surface area (Å²) in [7, 11) is 1.23. The van der Waals surface area contributed by atoms with Gasteiger partial charge in [0.25, 0.3) is 0 Å². The molecule has 1 fully saturated rings. The second kappa shape index (κ2) is 4.22. The second-order valence-electron chi connectivity index (χ2n) is 3.34. The van der Waals surface area contributed by atoms with E-state index in [1.165, 1.54) is 7.11 Å². The van der Waals surface area contributed by atoms with Gasteiger partial charge in [-0.15, -0.1) is 0 Å². The summed E-state index contributed by atoms with van der Waals surface area (Å²) in [5.41, 5.74) is 0.846. The lowest BCUT2D eigenvalue weighted by atomic mass is 10.1. The molecule has 1 aromatic carbocycles. The maximum Gasteiger partial charge on any atom is 0.420 e. The molecule has 2 rings (SSSR count). The van der Waals surface area contributed by atoms with E-state index in [0.29, 0.717) is 0 Å². The van der Waals surface area contributed by atoms with Gasteiger partial charge in [-0.2, -0.15) is 0 Å². The number of imide groups is 1. The highest BCUT2D eigenvalue weighted by Crippen LogP contribution is 2.27. The molecule has 1 aliphatic heterocycles. The standard InChI is InChI=1S/C11H11NO4/c1-15-10(13)12-9(7-16-11(12)14)8-5-3-2-4-6-8/h2-6,9H,7H2,1H3. The van der Waals surface area contributed by atoms with Crippen LogP contribution in [0.4, 0.5) is 9.59 Å². The fraction of sp³-hybridized carbons (Fsp3) is 0.273. The summed E-state index contributed by atoms with van der Waals surface area (Å²) in [6.07, 6.45) is -1.36. The topological polar surface area (TPSA) is 55.8 Å². The van der Waals surface area contributed by atoms with Gasteiger partial charge in [-0.25, -0.2) is 14.5 Å². The van der Waals surface area contributed by atoms with Crippen molar-refractivity contribution in [2.75, 3.05) is 13.7 Å². The van der Waals surface area contributed by atoms with E-state index in [-0.39, 0.29) is 6.61 Å². The Hall–Kier alpha value is -2.04. The molecule has 5 heteroatoms. The highest BCUT2D eigenvalue weighted by Gasteiger charge is 2.39. The molecule has 1 atom stereocenters. The van der Waals surface area contributed by atoms with Gasteiger partial charge in [0.05, 0.1) is 7.11 Å². The van der Waals surface area contributed by atoms with Crippen molar-refractivity contribution in [1.29, 1.82) is 0 Å². The highest BCUT2D eigenvalue weighted by atomic mass is 16.6. The van der Waals surface area contributed by atoms with Crippen molar-refractivity contribution in [2.24, 2.45) is 0 Å². The molecule has 2 amide bonds. The number of carbonyl (C=O) groups is 2. The molecule has 0 bridgehead atoms. The number of benzene rings is 1. The number of nitrogens with zero attached hydrogens (tertiary/aromatic N) is 1. The van der Waals surface area contributed by atoms with E-state index in [9.17, 15) is 9.59 Å². The van der Waals surface area contributed by atoms with E-state index in [1.54, 1.807) is 0 Å². The van der Waals surface area contributed by atoms with Gasteiger partial charge < -0.3 is 9.47 Å². The molecule has 5 nitrogen and oxygen atoms in total. The summed E-state index contributed by atoms with van der Waals surface area (Å²) in [5.74, 6) is 0. The minimum absolute atomic E-state index is 0.165. The van der Waals surface area contributed by atoms with Crippen LogP contribution in [0.15, 0.2) is 30.3 Å². The largest absolute Gasteiger partial charge is 0.452 e. The summed E-state index contributed by atoms with van der Waals surface area (Å²) in [5, 5.41) is 0. The van der Waals surface area contributed by atoms with Gasteiger partial charge in [0.1, 0.15) is 12.6 Å². The quantitative estimate of drug-likeness (QED) is 0.727. The molecule has 0 aliphatic carbocycles. The Morgan fingerprint density at radius 2 is 2.12 bits per heavy atom. The molecule has 1 saturated heterocycles. The number of hydrogen-bond donors (Lipinski definition) is 0. The average molecular weight is 221 g/mol. The molecule has 0 radical (unpaired) electrons. The van der Waals surface area contributed by atoms with Gasteiger partial charge in [-0.05, 0) is 5.56 Å². The first-order valence-electron chi connectivity index (χ1n) is 4.83. The molecule has 0 aromatic heterocycles. The van der Waals surface area contributed by atoms with Gasteiger partial charge in [-0.3, -0.25) is 0 Å². The van der Waals surface area contributed by atoms with Crippen LogP contribution in [-0.4, -0.2) is 30.8 Å². The molecule has 0 N–H and O–H groups in total. The molecular weight excluding hydrogens is 210 g/mol. The summed E-state index contributed by atoms with van der Waals surface area (Å²) in [4.78, 5) is 23.8. The highest BCUT2D eigenvalue weighted by molar-refractivity contribution is 5.89. The fourth-order valence-electron chi connectivity index (χ4n) is 1.64. The lowest BCUT2D eigenvalue weighted by Crippen LogP contribution is -2.33. The fourth-order valence-corrected chi connectivity index (χ4v) is 1.64. The van der Waals surface area contributed by atoms with Crippen LogP contribution in [0.25, 0.3) is 0 Å². The normalized spacial score (nSPS) is 19.4. The van der Waals surface area contributed by atoms with Crippen LogP contribution < -0.4 is 0 Å². The Bertz CT molecular complexity index is 404. The van der Waals surface area contributed by atoms with Gasteiger partial charge in [0.2, 0.25) is 0 Å². The van der Waals surface area contributed by atoms with E-state index in [4.69, 9.17) is 4.74 Å². The zero-order valence-corrected chi connectivity index (χ0v) is 8.75. The number of amides is 2. The molecule has 1 aromatic rings. The van der Waals surface area contributed by atoms with Crippen molar-refractivity contribution in [2.45, 2.75) is 6.04 Å². The van der Waals surface area contributed by atoms with Crippen molar-refractivity contribution in [3.63, 3.8) is 0 Å². The maximum absolute atomic E-state index is 11.4. The first-order valence-corrected chi connectivity index (χ1v) is 4.83. The third kappa shape index (κ3) is 1.71. The maximum atomic E-state index is 11.4. The minimum atomic E-state index is -0.698. The number of cyclic esters (lactones) is 1. The SMILES string of the molecule is COC(=O)N1C(=O)OCC1c1ccccc1. The van der Waals surface area contributed by atoms with Crippen LogP contribution in [0.2, 0.25) is 0 Å². The molecule has 84 valence electrons.